The fraction of sp³-hybridized carbons (Fsp3) is 0.429. The minimum absolute atomic E-state index is 0.0918. The number of alkyl halides is 3. The third-order valence-corrected chi connectivity index (χ3v) is 1.36. The second kappa shape index (κ2) is 4.12. The van der Waals surface area contributed by atoms with E-state index in [1.807, 2.05) is 0 Å². The SMILES string of the molecule is CNc1cncc(NCC(F)(F)F)n1. The largest absolute Gasteiger partial charge is 0.405 e. The lowest BCUT2D eigenvalue weighted by Crippen LogP contribution is -2.21. The van der Waals surface area contributed by atoms with Crippen molar-refractivity contribution >= 4 is 11.6 Å². The van der Waals surface area contributed by atoms with Crippen LogP contribution in [0.25, 0.3) is 0 Å². The molecule has 0 bridgehead atoms. The molecule has 0 fully saturated rings. The van der Waals surface area contributed by atoms with Crippen LogP contribution in [0.3, 0.4) is 0 Å². The van der Waals surface area contributed by atoms with E-state index in [1.165, 1.54) is 12.4 Å². The van der Waals surface area contributed by atoms with Crippen LogP contribution in [0.4, 0.5) is 24.8 Å². The summed E-state index contributed by atoms with van der Waals surface area (Å²) in [5.74, 6) is 0.506. The van der Waals surface area contributed by atoms with Gasteiger partial charge in [-0.05, 0) is 0 Å². The van der Waals surface area contributed by atoms with Gasteiger partial charge in [-0.25, -0.2) is 4.98 Å². The summed E-state index contributed by atoms with van der Waals surface area (Å²) in [5, 5.41) is 4.79. The topological polar surface area (TPSA) is 49.8 Å². The number of aromatic nitrogens is 2. The number of hydrogen-bond acceptors (Lipinski definition) is 4. The summed E-state index contributed by atoms with van der Waals surface area (Å²) in [6, 6.07) is 0. The van der Waals surface area contributed by atoms with Gasteiger partial charge in [0.2, 0.25) is 0 Å². The molecule has 1 rings (SSSR count). The molecule has 14 heavy (non-hydrogen) atoms. The highest BCUT2D eigenvalue weighted by atomic mass is 19.4. The molecule has 0 saturated carbocycles. The Balaban J connectivity index is 2.59. The van der Waals surface area contributed by atoms with E-state index in [0.717, 1.165) is 0 Å². The maximum absolute atomic E-state index is 11.8. The number of rotatable bonds is 3. The van der Waals surface area contributed by atoms with Crippen molar-refractivity contribution in [2.75, 3.05) is 24.2 Å². The highest BCUT2D eigenvalue weighted by Gasteiger charge is 2.26. The standard InChI is InChI=1S/C7H9F3N4/c1-11-5-2-12-3-6(14-5)13-4-7(8,9)10/h2-3H,4H2,1H3,(H2,11,13,14). The van der Waals surface area contributed by atoms with Crippen LogP contribution < -0.4 is 10.6 Å². The van der Waals surface area contributed by atoms with Crippen LogP contribution in [0.2, 0.25) is 0 Å². The minimum Gasteiger partial charge on any atom is -0.372 e. The van der Waals surface area contributed by atoms with Crippen molar-refractivity contribution in [3.63, 3.8) is 0 Å². The van der Waals surface area contributed by atoms with Crippen molar-refractivity contribution in [2.24, 2.45) is 0 Å². The average Bonchev–Trinajstić information content (AvgIpc) is 2.14. The van der Waals surface area contributed by atoms with Gasteiger partial charge >= 0.3 is 6.18 Å². The molecular formula is C7H9F3N4. The van der Waals surface area contributed by atoms with E-state index in [1.54, 1.807) is 7.05 Å². The van der Waals surface area contributed by atoms with Crippen LogP contribution in [0, 0.1) is 0 Å². The maximum Gasteiger partial charge on any atom is 0.405 e. The van der Waals surface area contributed by atoms with Crippen LogP contribution in [-0.4, -0.2) is 29.7 Å². The first-order valence-electron chi connectivity index (χ1n) is 3.82. The molecule has 0 aliphatic rings. The first kappa shape index (κ1) is 10.6. The maximum atomic E-state index is 11.8. The molecule has 0 atom stereocenters. The van der Waals surface area contributed by atoms with Crippen LogP contribution in [0.1, 0.15) is 0 Å². The molecular weight excluding hydrogens is 197 g/mol. The Kier molecular flexibility index (Phi) is 3.10. The zero-order valence-electron chi connectivity index (χ0n) is 7.39. The van der Waals surface area contributed by atoms with E-state index < -0.39 is 12.7 Å². The molecule has 78 valence electrons. The van der Waals surface area contributed by atoms with Gasteiger partial charge in [-0.1, -0.05) is 0 Å². The predicted molar refractivity (Wildman–Crippen MR) is 46.1 cm³/mol. The van der Waals surface area contributed by atoms with E-state index in [2.05, 4.69) is 20.6 Å². The predicted octanol–water partition coefficient (Wildman–Crippen LogP) is 1.49. The van der Waals surface area contributed by atoms with Crippen LogP contribution in [-0.2, 0) is 0 Å². The zero-order chi connectivity index (χ0) is 10.6. The summed E-state index contributed by atoms with van der Waals surface area (Å²) in [4.78, 5) is 7.51. The number of anilines is 2. The van der Waals surface area contributed by atoms with Gasteiger partial charge in [-0.3, -0.25) is 4.98 Å². The molecule has 0 aliphatic heterocycles. The smallest absolute Gasteiger partial charge is 0.372 e. The summed E-state index contributed by atoms with van der Waals surface area (Å²) in [5.41, 5.74) is 0. The molecule has 0 spiro atoms. The van der Waals surface area contributed by atoms with Crippen molar-refractivity contribution in [1.82, 2.24) is 9.97 Å². The van der Waals surface area contributed by atoms with Crippen molar-refractivity contribution in [3.05, 3.63) is 12.4 Å². The van der Waals surface area contributed by atoms with Crippen LogP contribution in [0.15, 0.2) is 12.4 Å². The molecule has 0 aliphatic carbocycles. The molecule has 0 amide bonds. The summed E-state index contributed by atoms with van der Waals surface area (Å²) < 4.78 is 35.4. The molecule has 0 unspecified atom stereocenters. The van der Waals surface area contributed by atoms with E-state index in [0.29, 0.717) is 5.82 Å². The van der Waals surface area contributed by atoms with Gasteiger partial charge < -0.3 is 10.6 Å². The monoisotopic (exact) mass is 206 g/mol. The van der Waals surface area contributed by atoms with Gasteiger partial charge in [-0.2, -0.15) is 13.2 Å². The number of halogens is 3. The van der Waals surface area contributed by atoms with Crippen LogP contribution >= 0.6 is 0 Å². The van der Waals surface area contributed by atoms with E-state index >= 15 is 0 Å². The van der Waals surface area contributed by atoms with Gasteiger partial charge in [-0.15, -0.1) is 0 Å². The first-order valence-corrected chi connectivity index (χ1v) is 3.82. The summed E-state index contributed by atoms with van der Waals surface area (Å²) in [6.07, 6.45) is -1.61. The summed E-state index contributed by atoms with van der Waals surface area (Å²) in [6.45, 7) is -1.12. The van der Waals surface area contributed by atoms with Crippen molar-refractivity contribution in [3.8, 4) is 0 Å². The highest BCUT2D eigenvalue weighted by molar-refractivity contribution is 5.40. The lowest BCUT2D eigenvalue weighted by molar-refractivity contribution is -0.115. The molecule has 1 heterocycles. The minimum atomic E-state index is -4.25. The van der Waals surface area contributed by atoms with Crippen molar-refractivity contribution in [2.45, 2.75) is 6.18 Å². The summed E-state index contributed by atoms with van der Waals surface area (Å²) in [7, 11) is 1.61. The van der Waals surface area contributed by atoms with Crippen molar-refractivity contribution in [1.29, 1.82) is 0 Å². The first-order chi connectivity index (χ1) is 6.51. The fourth-order valence-corrected chi connectivity index (χ4v) is 0.762. The van der Waals surface area contributed by atoms with E-state index in [4.69, 9.17) is 0 Å². The van der Waals surface area contributed by atoms with Gasteiger partial charge in [0.05, 0.1) is 12.4 Å². The third-order valence-electron chi connectivity index (χ3n) is 1.36. The Morgan fingerprint density at radius 3 is 2.50 bits per heavy atom. The highest BCUT2D eigenvalue weighted by Crippen LogP contribution is 2.15. The molecule has 2 N–H and O–H groups in total. The molecule has 0 radical (unpaired) electrons. The number of nitrogens with zero attached hydrogens (tertiary/aromatic N) is 2. The Labute approximate surface area is 78.6 Å². The molecule has 1 aromatic rings. The Hall–Kier alpha value is -1.53. The fourth-order valence-electron chi connectivity index (χ4n) is 0.762. The van der Waals surface area contributed by atoms with Crippen molar-refractivity contribution < 1.29 is 13.2 Å². The molecule has 0 aromatic carbocycles. The van der Waals surface area contributed by atoms with Gasteiger partial charge in [0, 0.05) is 7.05 Å². The Morgan fingerprint density at radius 2 is 1.93 bits per heavy atom. The quantitative estimate of drug-likeness (QED) is 0.786. The lowest BCUT2D eigenvalue weighted by atomic mass is 10.5. The second-order valence-corrected chi connectivity index (χ2v) is 2.51. The number of nitrogens with one attached hydrogen (secondary N) is 2. The Bertz CT molecular complexity index is 299. The van der Waals surface area contributed by atoms with Gasteiger partial charge in [0.25, 0.3) is 0 Å². The van der Waals surface area contributed by atoms with Gasteiger partial charge in [0.15, 0.2) is 0 Å². The van der Waals surface area contributed by atoms with E-state index in [9.17, 15) is 13.2 Å². The van der Waals surface area contributed by atoms with E-state index in [-0.39, 0.29) is 5.82 Å². The molecule has 7 heteroatoms. The second-order valence-electron chi connectivity index (χ2n) is 2.51. The zero-order valence-corrected chi connectivity index (χ0v) is 7.39. The normalized spacial score (nSPS) is 11.1. The molecule has 4 nitrogen and oxygen atoms in total. The third kappa shape index (κ3) is 3.46. The van der Waals surface area contributed by atoms with Gasteiger partial charge in [0.1, 0.15) is 18.2 Å². The number of hydrogen-bond donors (Lipinski definition) is 2. The molecule has 0 saturated heterocycles. The lowest BCUT2D eigenvalue weighted by Gasteiger charge is -2.08. The Morgan fingerprint density at radius 1 is 1.29 bits per heavy atom. The average molecular weight is 206 g/mol. The van der Waals surface area contributed by atoms with Crippen LogP contribution in [0.5, 0.6) is 0 Å². The molecule has 1 aromatic heterocycles. The summed E-state index contributed by atoms with van der Waals surface area (Å²) >= 11 is 0.